The molecule has 0 bridgehead atoms. The molecule has 2 aliphatic rings. The second-order valence-corrected chi connectivity index (χ2v) is 12.0. The van der Waals surface area contributed by atoms with Gasteiger partial charge in [-0.1, -0.05) is 127 Å². The average molecular weight is 582 g/mol. The third kappa shape index (κ3) is 5.25. The number of ether oxygens (including phenoxy) is 1. The number of para-hydroxylation sites is 1. The highest BCUT2D eigenvalue weighted by atomic mass is 16.5. The van der Waals surface area contributed by atoms with Crippen molar-refractivity contribution in [3.63, 3.8) is 0 Å². The Balaban J connectivity index is 1.17. The van der Waals surface area contributed by atoms with Crippen LogP contribution in [0.1, 0.15) is 24.7 Å². The minimum absolute atomic E-state index is 0.416. The topological polar surface area (TPSA) is 47.9 Å². The van der Waals surface area contributed by atoms with Crippen LogP contribution >= 0.6 is 0 Å². The highest BCUT2D eigenvalue weighted by Crippen LogP contribution is 2.42. The van der Waals surface area contributed by atoms with Crippen LogP contribution in [-0.2, 0) is 11.8 Å². The number of hydrogen-bond acceptors (Lipinski definition) is 4. The van der Waals surface area contributed by atoms with Crippen molar-refractivity contribution in [2.45, 2.75) is 25.2 Å². The summed E-state index contributed by atoms with van der Waals surface area (Å²) in [6.45, 7) is 2.21. The number of nitrogens with zero attached hydrogens (tertiary/aromatic N) is 3. The lowest BCUT2D eigenvalue weighted by atomic mass is 9.76. The number of aromatic nitrogens is 3. The zero-order valence-electron chi connectivity index (χ0n) is 25.0. The van der Waals surface area contributed by atoms with Gasteiger partial charge in [0.1, 0.15) is 17.3 Å². The minimum Gasteiger partial charge on any atom is -0.457 e. The molecule has 1 atom stereocenters. The fourth-order valence-electron chi connectivity index (χ4n) is 6.27. The fourth-order valence-corrected chi connectivity index (χ4v) is 6.27. The van der Waals surface area contributed by atoms with E-state index in [9.17, 15) is 0 Å². The fraction of sp³-hybridized carbons (Fsp3) is 0.0976. The van der Waals surface area contributed by atoms with Gasteiger partial charge in [-0.2, -0.15) is 0 Å². The Labute approximate surface area is 263 Å². The number of allylic oxidation sites excluding steroid dienone is 3. The van der Waals surface area contributed by atoms with Crippen molar-refractivity contribution in [2.75, 3.05) is 0 Å². The number of fused-ring (bicyclic) bond motifs is 1. The molecule has 2 heterocycles. The smallest absolute Gasteiger partial charge is 0.163 e. The van der Waals surface area contributed by atoms with E-state index in [4.69, 9.17) is 19.7 Å². The van der Waals surface area contributed by atoms with Crippen molar-refractivity contribution in [1.29, 1.82) is 0 Å². The number of benzene rings is 5. The summed E-state index contributed by atoms with van der Waals surface area (Å²) in [6.07, 6.45) is 5.93. The molecule has 0 fully saturated rings. The third-order valence-electron chi connectivity index (χ3n) is 8.75. The number of hydrogen-bond donors (Lipinski definition) is 0. The Bertz CT molecular complexity index is 2080. The molecule has 0 saturated heterocycles. The van der Waals surface area contributed by atoms with Crippen molar-refractivity contribution in [2.24, 2.45) is 0 Å². The first-order valence-corrected chi connectivity index (χ1v) is 15.4. The zero-order chi connectivity index (χ0) is 30.2. The van der Waals surface area contributed by atoms with Crippen LogP contribution in [0.5, 0.6) is 5.75 Å². The zero-order valence-corrected chi connectivity index (χ0v) is 25.0. The summed E-state index contributed by atoms with van der Waals surface area (Å²) in [5.41, 5.74) is 8.66. The Kier molecular flexibility index (Phi) is 6.68. The largest absolute Gasteiger partial charge is 0.457 e. The molecule has 0 N–H and O–H groups in total. The molecule has 6 aromatic rings. The molecule has 0 radical (unpaired) electrons. The highest BCUT2D eigenvalue weighted by Gasteiger charge is 2.35. The molecule has 8 rings (SSSR count). The van der Waals surface area contributed by atoms with E-state index in [2.05, 4.69) is 116 Å². The summed E-state index contributed by atoms with van der Waals surface area (Å²) in [6, 6.07) is 46.1. The van der Waals surface area contributed by atoms with Crippen molar-refractivity contribution in [3.8, 4) is 50.8 Å². The van der Waals surface area contributed by atoms with E-state index in [0.717, 1.165) is 52.4 Å². The van der Waals surface area contributed by atoms with Crippen molar-refractivity contribution in [1.82, 2.24) is 15.0 Å². The second-order valence-electron chi connectivity index (χ2n) is 12.0. The molecule has 5 aromatic carbocycles. The quantitative estimate of drug-likeness (QED) is 0.203. The first-order chi connectivity index (χ1) is 22.1. The predicted molar refractivity (Wildman–Crippen MR) is 180 cm³/mol. The van der Waals surface area contributed by atoms with Gasteiger partial charge in [0.2, 0.25) is 0 Å². The Morgan fingerprint density at radius 2 is 1.13 bits per heavy atom. The molecule has 45 heavy (non-hydrogen) atoms. The van der Waals surface area contributed by atoms with Gasteiger partial charge in [-0.05, 0) is 64.9 Å². The molecule has 1 aromatic heterocycles. The molecule has 1 unspecified atom stereocenters. The lowest BCUT2D eigenvalue weighted by Gasteiger charge is -2.33. The third-order valence-corrected chi connectivity index (χ3v) is 8.75. The average Bonchev–Trinajstić information content (AvgIpc) is 3.11. The van der Waals surface area contributed by atoms with Crippen molar-refractivity contribution < 1.29 is 4.74 Å². The van der Waals surface area contributed by atoms with Gasteiger partial charge >= 0.3 is 0 Å². The van der Waals surface area contributed by atoms with Crippen LogP contribution in [0.2, 0.25) is 0 Å². The molecular formula is C41H31N3O. The SMILES string of the molecule is CC1(c2nc(-c3ccccc3)nc(-c3cccc(-c4ccc(-c5ccccc5)cc4)c3)n2)C=CC2=C(Cc3ccccc3O2)C1. The Morgan fingerprint density at radius 3 is 1.89 bits per heavy atom. The van der Waals surface area contributed by atoms with Gasteiger partial charge in [0.25, 0.3) is 0 Å². The van der Waals surface area contributed by atoms with Crippen LogP contribution in [-0.4, -0.2) is 15.0 Å². The van der Waals surface area contributed by atoms with Crippen LogP contribution in [0, 0.1) is 0 Å². The summed E-state index contributed by atoms with van der Waals surface area (Å²) in [4.78, 5) is 15.3. The van der Waals surface area contributed by atoms with E-state index in [1.807, 2.05) is 36.4 Å². The second kappa shape index (κ2) is 11.1. The minimum atomic E-state index is -0.416. The molecule has 0 saturated carbocycles. The van der Waals surface area contributed by atoms with Gasteiger partial charge in [-0.3, -0.25) is 0 Å². The molecule has 216 valence electrons. The van der Waals surface area contributed by atoms with E-state index in [-0.39, 0.29) is 0 Å². The predicted octanol–water partition coefficient (Wildman–Crippen LogP) is 9.65. The molecule has 4 heteroatoms. The van der Waals surface area contributed by atoms with Crippen LogP contribution < -0.4 is 4.74 Å². The van der Waals surface area contributed by atoms with E-state index in [0.29, 0.717) is 11.6 Å². The standard InChI is InChI=1S/C41H31N3O/c1-41(24-23-37-35(27-41)26-33-15-8-9-18-36(33)45-37)40-43-38(31-13-6-3-7-14-31)42-39(44-40)34-17-10-16-32(25-34)30-21-19-29(20-22-30)28-11-4-2-5-12-28/h2-25H,26-27H2,1H3. The van der Waals surface area contributed by atoms with Crippen LogP contribution in [0.3, 0.4) is 0 Å². The lowest BCUT2D eigenvalue weighted by molar-refractivity contribution is 0.394. The molecule has 0 amide bonds. The highest BCUT2D eigenvalue weighted by molar-refractivity contribution is 5.74. The number of rotatable bonds is 5. The Morgan fingerprint density at radius 1 is 0.556 bits per heavy atom. The van der Waals surface area contributed by atoms with E-state index < -0.39 is 5.41 Å². The maximum Gasteiger partial charge on any atom is 0.163 e. The molecular weight excluding hydrogens is 550 g/mol. The van der Waals surface area contributed by atoms with Crippen LogP contribution in [0.15, 0.2) is 157 Å². The van der Waals surface area contributed by atoms with Gasteiger partial charge in [0.15, 0.2) is 11.6 Å². The summed E-state index contributed by atoms with van der Waals surface area (Å²) >= 11 is 0. The normalized spacial score (nSPS) is 16.9. The summed E-state index contributed by atoms with van der Waals surface area (Å²) in [7, 11) is 0. The molecule has 0 spiro atoms. The lowest BCUT2D eigenvalue weighted by Crippen LogP contribution is -2.29. The first kappa shape index (κ1) is 27.0. The van der Waals surface area contributed by atoms with Gasteiger partial charge in [-0.15, -0.1) is 0 Å². The van der Waals surface area contributed by atoms with Gasteiger partial charge in [0.05, 0.1) is 0 Å². The summed E-state index contributed by atoms with van der Waals surface area (Å²) in [5.74, 6) is 3.97. The van der Waals surface area contributed by atoms with Gasteiger partial charge in [-0.25, -0.2) is 15.0 Å². The van der Waals surface area contributed by atoms with E-state index in [1.54, 1.807) is 0 Å². The monoisotopic (exact) mass is 581 g/mol. The van der Waals surface area contributed by atoms with Crippen molar-refractivity contribution >= 4 is 0 Å². The van der Waals surface area contributed by atoms with Crippen LogP contribution in [0.25, 0.3) is 45.0 Å². The van der Waals surface area contributed by atoms with Gasteiger partial charge in [0, 0.05) is 23.0 Å². The Hall–Kier alpha value is -5.61. The molecule has 1 aliphatic carbocycles. The first-order valence-electron chi connectivity index (χ1n) is 15.4. The molecule has 4 nitrogen and oxygen atoms in total. The van der Waals surface area contributed by atoms with Gasteiger partial charge < -0.3 is 4.74 Å². The maximum atomic E-state index is 6.28. The van der Waals surface area contributed by atoms with E-state index >= 15 is 0 Å². The van der Waals surface area contributed by atoms with E-state index in [1.165, 1.54) is 22.3 Å². The van der Waals surface area contributed by atoms with Crippen molar-refractivity contribution in [3.05, 3.63) is 168 Å². The summed E-state index contributed by atoms with van der Waals surface area (Å²) < 4.78 is 6.28. The maximum absolute atomic E-state index is 6.28. The summed E-state index contributed by atoms with van der Waals surface area (Å²) in [5, 5.41) is 0. The van der Waals surface area contributed by atoms with Crippen LogP contribution in [0.4, 0.5) is 0 Å². The molecule has 1 aliphatic heterocycles.